The van der Waals surface area contributed by atoms with E-state index in [-0.39, 0.29) is 0 Å². The standard InChI is InChI=1S/C15H12N4O/c20-18-14(12-7-3-1-4-8-12)15-16-11-19(17-15)13-9-5-2-6-10-13/h1-11,20H/b18-14+. The molecule has 0 spiro atoms. The molecular formula is C15H12N4O. The average Bonchev–Trinajstić information content (AvgIpc) is 3.00. The number of para-hydroxylation sites is 1. The first-order valence-corrected chi connectivity index (χ1v) is 6.13. The molecule has 3 rings (SSSR count). The van der Waals surface area contributed by atoms with Gasteiger partial charge in [0, 0.05) is 5.56 Å². The first-order chi connectivity index (χ1) is 9.88. The molecule has 1 N–H and O–H groups in total. The summed E-state index contributed by atoms with van der Waals surface area (Å²) in [5.74, 6) is 0.377. The molecule has 5 nitrogen and oxygen atoms in total. The molecule has 0 amide bonds. The van der Waals surface area contributed by atoms with Crippen molar-refractivity contribution in [3.63, 3.8) is 0 Å². The summed E-state index contributed by atoms with van der Waals surface area (Å²) in [5.41, 5.74) is 2.01. The molecule has 98 valence electrons. The Morgan fingerprint density at radius 2 is 1.60 bits per heavy atom. The van der Waals surface area contributed by atoms with Crippen LogP contribution in [0.3, 0.4) is 0 Å². The lowest BCUT2D eigenvalue weighted by Crippen LogP contribution is -2.06. The highest BCUT2D eigenvalue weighted by Crippen LogP contribution is 2.09. The topological polar surface area (TPSA) is 63.3 Å². The minimum Gasteiger partial charge on any atom is -0.410 e. The van der Waals surface area contributed by atoms with Gasteiger partial charge in [-0.15, -0.1) is 5.10 Å². The van der Waals surface area contributed by atoms with Gasteiger partial charge in [-0.1, -0.05) is 53.7 Å². The van der Waals surface area contributed by atoms with E-state index in [1.807, 2.05) is 60.7 Å². The Hall–Kier alpha value is -2.95. The van der Waals surface area contributed by atoms with Gasteiger partial charge in [0.05, 0.1) is 5.69 Å². The molecule has 0 aliphatic carbocycles. The molecule has 0 aliphatic rings. The number of hydrogen-bond donors (Lipinski definition) is 1. The third-order valence-electron chi connectivity index (χ3n) is 2.87. The predicted molar refractivity (Wildman–Crippen MR) is 75.2 cm³/mol. The highest BCUT2D eigenvalue weighted by Gasteiger charge is 2.13. The van der Waals surface area contributed by atoms with E-state index in [4.69, 9.17) is 0 Å². The SMILES string of the molecule is O/N=C(\c1ccccc1)c1ncn(-c2ccccc2)n1. The predicted octanol–water partition coefficient (Wildman–Crippen LogP) is 2.49. The molecule has 1 heterocycles. The maximum Gasteiger partial charge on any atom is 0.204 e. The zero-order valence-electron chi connectivity index (χ0n) is 10.6. The highest BCUT2D eigenvalue weighted by molar-refractivity contribution is 6.10. The summed E-state index contributed by atoms with van der Waals surface area (Å²) in [5, 5.41) is 16.9. The van der Waals surface area contributed by atoms with E-state index in [1.54, 1.807) is 11.0 Å². The lowest BCUT2D eigenvalue weighted by molar-refractivity contribution is 0.319. The summed E-state index contributed by atoms with van der Waals surface area (Å²) in [4.78, 5) is 4.20. The Kier molecular flexibility index (Phi) is 3.24. The third kappa shape index (κ3) is 2.29. The summed E-state index contributed by atoms with van der Waals surface area (Å²) >= 11 is 0. The molecule has 0 unspecified atom stereocenters. The van der Waals surface area contributed by atoms with Gasteiger partial charge < -0.3 is 5.21 Å². The Bertz CT molecular complexity index is 720. The van der Waals surface area contributed by atoms with Crippen molar-refractivity contribution in [2.45, 2.75) is 0 Å². The van der Waals surface area contributed by atoms with Crippen LogP contribution >= 0.6 is 0 Å². The average molecular weight is 264 g/mol. The van der Waals surface area contributed by atoms with E-state index in [0.29, 0.717) is 11.5 Å². The zero-order valence-corrected chi connectivity index (χ0v) is 10.6. The van der Waals surface area contributed by atoms with Gasteiger partial charge >= 0.3 is 0 Å². The highest BCUT2D eigenvalue weighted by atomic mass is 16.4. The summed E-state index contributed by atoms with van der Waals surface area (Å²) in [6.07, 6.45) is 1.60. The van der Waals surface area contributed by atoms with E-state index >= 15 is 0 Å². The summed E-state index contributed by atoms with van der Waals surface area (Å²) in [6.45, 7) is 0. The first kappa shape index (κ1) is 12.1. The number of rotatable bonds is 3. The molecule has 5 heteroatoms. The molecule has 0 saturated heterocycles. The third-order valence-corrected chi connectivity index (χ3v) is 2.87. The van der Waals surface area contributed by atoms with Crippen LogP contribution in [0.2, 0.25) is 0 Å². The first-order valence-electron chi connectivity index (χ1n) is 6.13. The van der Waals surface area contributed by atoms with Crippen LogP contribution in [-0.4, -0.2) is 25.7 Å². The van der Waals surface area contributed by atoms with Crippen molar-refractivity contribution in [1.82, 2.24) is 14.8 Å². The van der Waals surface area contributed by atoms with E-state index in [2.05, 4.69) is 15.2 Å². The molecule has 1 aromatic heterocycles. The van der Waals surface area contributed by atoms with Crippen LogP contribution < -0.4 is 0 Å². The summed E-state index contributed by atoms with van der Waals surface area (Å²) < 4.78 is 1.64. The smallest absolute Gasteiger partial charge is 0.204 e. The Morgan fingerprint density at radius 1 is 0.950 bits per heavy atom. The molecule has 2 aromatic carbocycles. The van der Waals surface area contributed by atoms with Gasteiger partial charge in [0.2, 0.25) is 5.82 Å². The van der Waals surface area contributed by atoms with Gasteiger partial charge in [0.25, 0.3) is 0 Å². The number of benzene rings is 2. The Labute approximate surface area is 115 Å². The monoisotopic (exact) mass is 264 g/mol. The van der Waals surface area contributed by atoms with E-state index in [9.17, 15) is 5.21 Å². The van der Waals surface area contributed by atoms with Gasteiger partial charge in [-0.3, -0.25) is 0 Å². The second-order valence-corrected chi connectivity index (χ2v) is 4.16. The van der Waals surface area contributed by atoms with Crippen molar-refractivity contribution in [3.05, 3.63) is 78.4 Å². The molecule has 0 bridgehead atoms. The summed E-state index contributed by atoms with van der Waals surface area (Å²) in [7, 11) is 0. The minimum absolute atomic E-state index is 0.347. The summed E-state index contributed by atoms with van der Waals surface area (Å²) in [6, 6.07) is 19.0. The largest absolute Gasteiger partial charge is 0.410 e. The van der Waals surface area contributed by atoms with Crippen molar-refractivity contribution in [2.24, 2.45) is 5.16 Å². The zero-order chi connectivity index (χ0) is 13.8. The fourth-order valence-corrected chi connectivity index (χ4v) is 1.90. The number of hydrogen-bond acceptors (Lipinski definition) is 4. The van der Waals surface area contributed by atoms with Crippen molar-refractivity contribution >= 4 is 5.71 Å². The van der Waals surface area contributed by atoms with Crippen LogP contribution in [0.1, 0.15) is 11.4 Å². The van der Waals surface area contributed by atoms with Gasteiger partial charge in [0.1, 0.15) is 6.33 Å². The van der Waals surface area contributed by atoms with Crippen LogP contribution in [0.15, 0.2) is 72.1 Å². The fourth-order valence-electron chi connectivity index (χ4n) is 1.90. The second-order valence-electron chi connectivity index (χ2n) is 4.16. The van der Waals surface area contributed by atoms with Crippen molar-refractivity contribution in [3.8, 4) is 5.69 Å². The van der Waals surface area contributed by atoms with Crippen molar-refractivity contribution < 1.29 is 5.21 Å². The molecule has 20 heavy (non-hydrogen) atoms. The van der Waals surface area contributed by atoms with Crippen LogP contribution in [0.4, 0.5) is 0 Å². The maximum atomic E-state index is 9.21. The fraction of sp³-hybridized carbons (Fsp3) is 0. The number of oxime groups is 1. The number of nitrogens with zero attached hydrogens (tertiary/aromatic N) is 4. The molecule has 3 aromatic rings. The van der Waals surface area contributed by atoms with E-state index in [1.165, 1.54) is 0 Å². The van der Waals surface area contributed by atoms with Crippen molar-refractivity contribution in [2.75, 3.05) is 0 Å². The van der Waals surface area contributed by atoms with Crippen LogP contribution in [0.25, 0.3) is 5.69 Å². The molecular weight excluding hydrogens is 252 g/mol. The van der Waals surface area contributed by atoms with Gasteiger partial charge in [-0.05, 0) is 12.1 Å². The van der Waals surface area contributed by atoms with E-state index in [0.717, 1.165) is 11.3 Å². The molecule has 0 aliphatic heterocycles. The van der Waals surface area contributed by atoms with Crippen LogP contribution in [0.5, 0.6) is 0 Å². The lowest BCUT2D eigenvalue weighted by atomic mass is 10.1. The number of aromatic nitrogens is 3. The lowest BCUT2D eigenvalue weighted by Gasteiger charge is -2.00. The second kappa shape index (κ2) is 5.36. The van der Waals surface area contributed by atoms with Gasteiger partial charge in [0.15, 0.2) is 5.71 Å². The maximum absolute atomic E-state index is 9.21. The quantitative estimate of drug-likeness (QED) is 0.449. The van der Waals surface area contributed by atoms with Crippen LogP contribution in [0, 0.1) is 0 Å². The Balaban J connectivity index is 1.98. The molecule has 0 atom stereocenters. The van der Waals surface area contributed by atoms with E-state index < -0.39 is 0 Å². The molecule has 0 saturated carbocycles. The normalized spacial score (nSPS) is 11.5. The van der Waals surface area contributed by atoms with Gasteiger partial charge in [-0.2, -0.15) is 0 Å². The van der Waals surface area contributed by atoms with Crippen molar-refractivity contribution in [1.29, 1.82) is 0 Å². The molecule has 0 fully saturated rings. The van der Waals surface area contributed by atoms with Gasteiger partial charge in [-0.25, -0.2) is 9.67 Å². The Morgan fingerprint density at radius 3 is 2.25 bits per heavy atom. The van der Waals surface area contributed by atoms with Crippen LogP contribution in [-0.2, 0) is 0 Å². The minimum atomic E-state index is 0.347. The molecule has 0 radical (unpaired) electrons.